The van der Waals surface area contributed by atoms with Gasteiger partial charge in [0.05, 0.1) is 11.8 Å². The highest BCUT2D eigenvalue weighted by molar-refractivity contribution is 5.83. The van der Waals surface area contributed by atoms with E-state index < -0.39 is 48.4 Å². The quantitative estimate of drug-likeness (QED) is 0.668. The van der Waals surface area contributed by atoms with E-state index in [1.54, 1.807) is 6.07 Å². The Hall–Kier alpha value is -1.70. The molecule has 2 fully saturated rings. The van der Waals surface area contributed by atoms with Crippen LogP contribution in [0.15, 0.2) is 30.3 Å². The summed E-state index contributed by atoms with van der Waals surface area (Å²) < 4.78 is 68.8. The first-order chi connectivity index (χ1) is 12.1. The van der Waals surface area contributed by atoms with Gasteiger partial charge in [0.25, 0.3) is 5.92 Å². The van der Waals surface area contributed by atoms with E-state index in [1.807, 2.05) is 0 Å². The number of hydrogen-bond acceptors (Lipinski definition) is 2. The van der Waals surface area contributed by atoms with Crippen LogP contribution in [0.1, 0.15) is 37.2 Å². The third kappa shape index (κ3) is 3.84. The fourth-order valence-electron chi connectivity index (χ4n) is 3.52. The lowest BCUT2D eigenvalue weighted by atomic mass is 9.97. The zero-order chi connectivity index (χ0) is 19.2. The van der Waals surface area contributed by atoms with Crippen molar-refractivity contribution in [1.82, 2.24) is 5.32 Å². The smallest absolute Gasteiger partial charge is 0.396 e. The maximum atomic E-state index is 14.3. The number of carbonyl (C=O) groups is 1. The summed E-state index contributed by atoms with van der Waals surface area (Å²) in [5.74, 6) is -8.25. The molecule has 2 aliphatic carbocycles. The lowest BCUT2D eigenvalue weighted by molar-refractivity contribution is -0.153. The van der Waals surface area contributed by atoms with Crippen LogP contribution >= 0.6 is 0 Å². The fourth-order valence-corrected chi connectivity index (χ4v) is 3.52. The van der Waals surface area contributed by atoms with Crippen LogP contribution in [0.5, 0.6) is 0 Å². The molecule has 1 aromatic carbocycles. The van der Waals surface area contributed by atoms with Crippen LogP contribution in [-0.2, 0) is 4.79 Å². The predicted octanol–water partition coefficient (Wildman–Crippen LogP) is 4.20. The Morgan fingerprint density at radius 2 is 1.81 bits per heavy atom. The SMILES string of the molecule is O=C(O)[C@]1(NC[C@@H](c2ccccc2)C(F)(F)F)C[C@H]1C(F)(F)CC1CC1. The number of benzene rings is 1. The maximum absolute atomic E-state index is 14.3. The van der Waals surface area contributed by atoms with Gasteiger partial charge in [0.2, 0.25) is 0 Å². The Morgan fingerprint density at radius 3 is 2.31 bits per heavy atom. The number of carboxylic acids is 1. The van der Waals surface area contributed by atoms with Gasteiger partial charge < -0.3 is 10.4 Å². The lowest BCUT2D eigenvalue weighted by Crippen LogP contribution is -2.47. The van der Waals surface area contributed by atoms with Crippen molar-refractivity contribution < 1.29 is 31.9 Å². The Kier molecular flexibility index (Phi) is 4.75. The number of aliphatic carboxylic acids is 1. The highest BCUT2D eigenvalue weighted by Crippen LogP contribution is 2.57. The number of nitrogens with one attached hydrogen (secondary N) is 1. The molecule has 0 saturated heterocycles. The van der Waals surface area contributed by atoms with E-state index in [-0.39, 0.29) is 17.9 Å². The topological polar surface area (TPSA) is 49.3 Å². The van der Waals surface area contributed by atoms with Gasteiger partial charge in [0.15, 0.2) is 0 Å². The standard InChI is InChI=1S/C18H20F5NO2/c19-17(20,8-11-6-7-11)14-9-16(14,15(25)26)24-10-13(18(21,22)23)12-4-2-1-3-5-12/h1-5,11,13-14,24H,6-10H2,(H,25,26)/t13-,14+,16-/m0/s1. The van der Waals surface area contributed by atoms with Gasteiger partial charge in [-0.05, 0) is 30.7 Å². The minimum atomic E-state index is -4.62. The van der Waals surface area contributed by atoms with Gasteiger partial charge in [-0.15, -0.1) is 0 Å². The lowest BCUT2D eigenvalue weighted by Gasteiger charge is -2.25. The number of hydrogen-bond donors (Lipinski definition) is 2. The normalized spacial score (nSPS) is 27.2. The predicted molar refractivity (Wildman–Crippen MR) is 84.0 cm³/mol. The van der Waals surface area contributed by atoms with Gasteiger partial charge in [0.1, 0.15) is 5.54 Å². The number of rotatable bonds is 8. The first kappa shape index (κ1) is 19.1. The Bertz CT molecular complexity index is 659. The van der Waals surface area contributed by atoms with Crippen LogP contribution in [0.25, 0.3) is 0 Å². The third-order valence-electron chi connectivity index (χ3n) is 5.33. The molecule has 0 bridgehead atoms. The van der Waals surface area contributed by atoms with E-state index in [2.05, 4.69) is 5.32 Å². The molecular formula is C18H20F5NO2. The molecule has 1 aromatic rings. The highest BCUT2D eigenvalue weighted by Gasteiger charge is 2.70. The molecule has 8 heteroatoms. The summed E-state index contributed by atoms with van der Waals surface area (Å²) in [6.07, 6.45) is -3.98. The van der Waals surface area contributed by atoms with Gasteiger partial charge in [-0.2, -0.15) is 13.2 Å². The molecule has 2 N–H and O–H groups in total. The van der Waals surface area contributed by atoms with Gasteiger partial charge >= 0.3 is 12.1 Å². The van der Waals surface area contributed by atoms with Crippen molar-refractivity contribution in [2.45, 2.75) is 49.2 Å². The van der Waals surface area contributed by atoms with Crippen LogP contribution < -0.4 is 5.32 Å². The van der Waals surface area contributed by atoms with Crippen molar-refractivity contribution >= 4 is 5.97 Å². The molecule has 0 aliphatic heterocycles. The first-order valence-electron chi connectivity index (χ1n) is 8.54. The summed E-state index contributed by atoms with van der Waals surface area (Å²) >= 11 is 0. The van der Waals surface area contributed by atoms with Crippen LogP contribution in [-0.4, -0.2) is 35.3 Å². The van der Waals surface area contributed by atoms with Crippen molar-refractivity contribution in [2.75, 3.05) is 6.54 Å². The van der Waals surface area contributed by atoms with Gasteiger partial charge in [-0.3, -0.25) is 4.79 Å². The maximum Gasteiger partial charge on any atom is 0.396 e. The average Bonchev–Trinajstić information content (AvgIpc) is 3.42. The zero-order valence-electron chi connectivity index (χ0n) is 13.9. The number of halogens is 5. The van der Waals surface area contributed by atoms with Crippen molar-refractivity contribution in [1.29, 1.82) is 0 Å². The Morgan fingerprint density at radius 1 is 1.19 bits per heavy atom. The molecule has 3 rings (SSSR count). The molecule has 0 spiro atoms. The Balaban J connectivity index is 1.73. The average molecular weight is 377 g/mol. The van der Waals surface area contributed by atoms with E-state index >= 15 is 0 Å². The van der Waals surface area contributed by atoms with E-state index in [4.69, 9.17) is 0 Å². The van der Waals surface area contributed by atoms with Crippen LogP contribution in [0.2, 0.25) is 0 Å². The second-order valence-corrected chi connectivity index (χ2v) is 7.33. The molecule has 0 radical (unpaired) electrons. The van der Waals surface area contributed by atoms with Crippen molar-refractivity contribution in [3.63, 3.8) is 0 Å². The minimum Gasteiger partial charge on any atom is -0.480 e. The van der Waals surface area contributed by atoms with Crippen molar-refractivity contribution in [3.8, 4) is 0 Å². The summed E-state index contributed by atoms with van der Waals surface area (Å²) in [5, 5.41) is 11.7. The summed E-state index contributed by atoms with van der Waals surface area (Å²) in [4.78, 5) is 11.6. The second-order valence-electron chi connectivity index (χ2n) is 7.33. The van der Waals surface area contributed by atoms with E-state index in [0.717, 1.165) is 0 Å². The zero-order valence-corrected chi connectivity index (χ0v) is 13.9. The molecule has 3 nitrogen and oxygen atoms in total. The largest absolute Gasteiger partial charge is 0.480 e. The second kappa shape index (κ2) is 6.48. The van der Waals surface area contributed by atoms with E-state index in [1.165, 1.54) is 24.3 Å². The third-order valence-corrected chi connectivity index (χ3v) is 5.33. The van der Waals surface area contributed by atoms with Gasteiger partial charge in [-0.1, -0.05) is 30.3 Å². The minimum absolute atomic E-state index is 0.0324. The summed E-state index contributed by atoms with van der Waals surface area (Å²) in [7, 11) is 0. The highest BCUT2D eigenvalue weighted by atomic mass is 19.4. The van der Waals surface area contributed by atoms with Crippen molar-refractivity contribution in [2.24, 2.45) is 11.8 Å². The molecule has 0 heterocycles. The van der Waals surface area contributed by atoms with Crippen LogP contribution in [0.4, 0.5) is 22.0 Å². The van der Waals surface area contributed by atoms with E-state index in [9.17, 15) is 31.9 Å². The fraction of sp³-hybridized carbons (Fsp3) is 0.611. The first-order valence-corrected chi connectivity index (χ1v) is 8.54. The molecule has 3 atom stereocenters. The summed E-state index contributed by atoms with van der Waals surface area (Å²) in [5.41, 5.74) is -2.02. The van der Waals surface area contributed by atoms with Gasteiger partial charge in [0, 0.05) is 13.0 Å². The molecule has 144 valence electrons. The van der Waals surface area contributed by atoms with Crippen molar-refractivity contribution in [3.05, 3.63) is 35.9 Å². The molecule has 0 aromatic heterocycles. The van der Waals surface area contributed by atoms with Crippen LogP contribution in [0, 0.1) is 11.8 Å². The number of carboxylic acid groups (broad SMARTS) is 1. The van der Waals surface area contributed by atoms with Gasteiger partial charge in [-0.25, -0.2) is 8.78 Å². The van der Waals surface area contributed by atoms with E-state index in [0.29, 0.717) is 12.8 Å². The molecule has 0 amide bonds. The molecular weight excluding hydrogens is 357 g/mol. The number of alkyl halides is 5. The monoisotopic (exact) mass is 377 g/mol. The summed E-state index contributed by atoms with van der Waals surface area (Å²) in [6.45, 7) is -0.754. The molecule has 2 saturated carbocycles. The summed E-state index contributed by atoms with van der Waals surface area (Å²) in [6, 6.07) is 7.05. The Labute approximate surface area is 147 Å². The molecule has 26 heavy (non-hydrogen) atoms. The molecule has 0 unspecified atom stereocenters. The molecule has 2 aliphatic rings. The van der Waals surface area contributed by atoms with Crippen LogP contribution in [0.3, 0.4) is 0 Å².